The van der Waals surface area contributed by atoms with Gasteiger partial charge in [0.25, 0.3) is 0 Å². The molecule has 0 saturated carbocycles. The van der Waals surface area contributed by atoms with Crippen LogP contribution in [0.1, 0.15) is 25.6 Å². The van der Waals surface area contributed by atoms with Crippen molar-refractivity contribution >= 4 is 11.0 Å². The Bertz CT molecular complexity index is 996. The monoisotopic (exact) mass is 336 g/mol. The van der Waals surface area contributed by atoms with Crippen LogP contribution in [0, 0.1) is 0 Å². The second-order valence-electron chi connectivity index (χ2n) is 5.82. The molecule has 0 saturated heterocycles. The maximum atomic E-state index is 5.28. The van der Waals surface area contributed by atoms with E-state index >= 15 is 0 Å². The van der Waals surface area contributed by atoms with Crippen molar-refractivity contribution in [3.8, 4) is 11.6 Å². The lowest BCUT2D eigenvalue weighted by Gasteiger charge is -2.08. The van der Waals surface area contributed by atoms with Crippen LogP contribution in [0.25, 0.3) is 22.7 Å². The van der Waals surface area contributed by atoms with Crippen LogP contribution in [0.15, 0.2) is 41.2 Å². The Morgan fingerprint density at radius 2 is 1.96 bits per heavy atom. The zero-order chi connectivity index (χ0) is 17.2. The molecule has 0 spiro atoms. The Hall–Kier alpha value is -2.96. The van der Waals surface area contributed by atoms with E-state index in [1.807, 2.05) is 31.3 Å². The molecule has 0 bridgehead atoms. The van der Waals surface area contributed by atoms with E-state index in [1.54, 1.807) is 6.20 Å². The molecule has 128 valence electrons. The van der Waals surface area contributed by atoms with E-state index in [2.05, 4.69) is 37.2 Å². The van der Waals surface area contributed by atoms with Gasteiger partial charge in [-0.05, 0) is 19.1 Å². The fourth-order valence-electron chi connectivity index (χ4n) is 3.01. The first kappa shape index (κ1) is 15.6. The van der Waals surface area contributed by atoms with Crippen molar-refractivity contribution < 1.29 is 4.52 Å². The first-order valence-corrected chi connectivity index (χ1v) is 8.58. The molecule has 0 amide bonds. The molecular weight excluding hydrogens is 316 g/mol. The summed E-state index contributed by atoms with van der Waals surface area (Å²) in [5.41, 5.74) is 2.11. The maximum Gasteiger partial charge on any atom is 0.228 e. The number of fused-ring (bicyclic) bond motifs is 1. The van der Waals surface area contributed by atoms with Crippen LogP contribution in [0.3, 0.4) is 0 Å². The summed E-state index contributed by atoms with van der Waals surface area (Å²) in [7, 11) is 0. The molecule has 3 heterocycles. The first-order chi connectivity index (χ1) is 12.3. The predicted octanol–water partition coefficient (Wildman–Crippen LogP) is 3.11. The van der Waals surface area contributed by atoms with Crippen molar-refractivity contribution in [2.45, 2.75) is 39.8 Å². The molecule has 0 aliphatic rings. The molecule has 4 aromatic rings. The molecule has 7 heteroatoms. The average molecular weight is 336 g/mol. The third-order valence-electron chi connectivity index (χ3n) is 4.28. The Morgan fingerprint density at radius 1 is 1.08 bits per heavy atom. The summed E-state index contributed by atoms with van der Waals surface area (Å²) in [6.45, 7) is 5.69. The van der Waals surface area contributed by atoms with E-state index in [-0.39, 0.29) is 0 Å². The van der Waals surface area contributed by atoms with Gasteiger partial charge in [-0.25, -0.2) is 9.97 Å². The van der Waals surface area contributed by atoms with Gasteiger partial charge in [-0.2, -0.15) is 4.98 Å². The van der Waals surface area contributed by atoms with Gasteiger partial charge in [0.05, 0.1) is 11.0 Å². The van der Waals surface area contributed by atoms with Crippen LogP contribution in [0.5, 0.6) is 0 Å². The number of benzene rings is 1. The van der Waals surface area contributed by atoms with Crippen LogP contribution in [0.2, 0.25) is 0 Å². The molecule has 3 aromatic heterocycles. The van der Waals surface area contributed by atoms with E-state index in [1.165, 1.54) is 0 Å². The molecule has 0 aliphatic heterocycles. The second-order valence-corrected chi connectivity index (χ2v) is 5.82. The average Bonchev–Trinajstić information content (AvgIpc) is 3.36. The van der Waals surface area contributed by atoms with E-state index in [0.717, 1.165) is 41.5 Å². The number of hydrogen-bond acceptors (Lipinski definition) is 5. The van der Waals surface area contributed by atoms with Crippen LogP contribution >= 0.6 is 0 Å². The summed E-state index contributed by atoms with van der Waals surface area (Å²) in [5.74, 6) is 3.14. The largest absolute Gasteiger partial charge is 0.339 e. The van der Waals surface area contributed by atoms with Gasteiger partial charge in [0.2, 0.25) is 5.89 Å². The van der Waals surface area contributed by atoms with Gasteiger partial charge >= 0.3 is 0 Å². The van der Waals surface area contributed by atoms with Gasteiger partial charge in [0, 0.05) is 38.3 Å². The van der Waals surface area contributed by atoms with Crippen LogP contribution in [-0.2, 0) is 25.9 Å². The van der Waals surface area contributed by atoms with Crippen molar-refractivity contribution in [3.63, 3.8) is 0 Å². The smallest absolute Gasteiger partial charge is 0.228 e. The third kappa shape index (κ3) is 2.82. The molecule has 0 unspecified atom stereocenters. The highest BCUT2D eigenvalue weighted by Crippen LogP contribution is 2.23. The maximum absolute atomic E-state index is 5.28. The lowest BCUT2D eigenvalue weighted by molar-refractivity contribution is 0.367. The molecule has 0 radical (unpaired) electrons. The van der Waals surface area contributed by atoms with Gasteiger partial charge in [-0.15, -0.1) is 0 Å². The highest BCUT2D eigenvalue weighted by Gasteiger charge is 2.16. The van der Waals surface area contributed by atoms with Crippen molar-refractivity contribution in [1.29, 1.82) is 0 Å². The summed E-state index contributed by atoms with van der Waals surface area (Å²) >= 11 is 0. The van der Waals surface area contributed by atoms with Gasteiger partial charge in [-0.1, -0.05) is 24.2 Å². The Labute approximate surface area is 145 Å². The number of hydrogen-bond donors (Lipinski definition) is 0. The molecule has 1 aromatic carbocycles. The SMILES string of the molecule is CCc1noc(CCn2ccnc2-c2nc3ccccc3n2CC)n1. The minimum Gasteiger partial charge on any atom is -0.339 e. The topological polar surface area (TPSA) is 74.6 Å². The number of imidazole rings is 2. The quantitative estimate of drug-likeness (QED) is 0.541. The number of rotatable bonds is 6. The molecule has 0 fully saturated rings. The predicted molar refractivity (Wildman–Crippen MR) is 94.0 cm³/mol. The fraction of sp³-hybridized carbons (Fsp3) is 0.333. The summed E-state index contributed by atoms with van der Waals surface area (Å²) in [6, 6.07) is 8.16. The molecule has 25 heavy (non-hydrogen) atoms. The van der Waals surface area contributed by atoms with E-state index in [0.29, 0.717) is 18.9 Å². The number of para-hydroxylation sites is 2. The zero-order valence-electron chi connectivity index (χ0n) is 14.4. The first-order valence-electron chi connectivity index (χ1n) is 8.58. The standard InChI is InChI=1S/C18H20N6O/c1-3-15-21-16(25-22-15)9-11-23-12-10-19-17(23)18-20-13-7-5-6-8-14(13)24(18)4-2/h5-8,10,12H,3-4,9,11H2,1-2H3. The number of aryl methyl sites for hydroxylation is 4. The lowest BCUT2D eigenvalue weighted by Crippen LogP contribution is -2.07. The molecule has 0 N–H and O–H groups in total. The lowest BCUT2D eigenvalue weighted by atomic mass is 10.3. The minimum absolute atomic E-state index is 0.653. The highest BCUT2D eigenvalue weighted by atomic mass is 16.5. The summed E-state index contributed by atoms with van der Waals surface area (Å²) < 4.78 is 9.55. The van der Waals surface area contributed by atoms with Gasteiger partial charge in [0.1, 0.15) is 0 Å². The second kappa shape index (κ2) is 6.51. The number of aromatic nitrogens is 6. The van der Waals surface area contributed by atoms with Crippen LogP contribution in [0.4, 0.5) is 0 Å². The molecule has 4 rings (SSSR count). The van der Waals surface area contributed by atoms with Crippen molar-refractivity contribution in [2.75, 3.05) is 0 Å². The third-order valence-corrected chi connectivity index (χ3v) is 4.28. The Balaban J connectivity index is 1.65. The van der Waals surface area contributed by atoms with Crippen molar-refractivity contribution in [2.24, 2.45) is 0 Å². The summed E-state index contributed by atoms with van der Waals surface area (Å²) in [4.78, 5) is 13.7. The van der Waals surface area contributed by atoms with Crippen LogP contribution in [-0.4, -0.2) is 29.2 Å². The fourth-order valence-corrected chi connectivity index (χ4v) is 3.01. The highest BCUT2D eigenvalue weighted by molar-refractivity contribution is 5.79. The van der Waals surface area contributed by atoms with Crippen LogP contribution < -0.4 is 0 Å². The van der Waals surface area contributed by atoms with Gasteiger partial charge < -0.3 is 13.7 Å². The van der Waals surface area contributed by atoms with E-state index in [9.17, 15) is 0 Å². The Kier molecular flexibility index (Phi) is 4.05. The molecule has 0 atom stereocenters. The molecular formula is C18H20N6O. The van der Waals surface area contributed by atoms with E-state index in [4.69, 9.17) is 9.51 Å². The summed E-state index contributed by atoms with van der Waals surface area (Å²) in [6.07, 6.45) is 5.22. The van der Waals surface area contributed by atoms with E-state index < -0.39 is 0 Å². The van der Waals surface area contributed by atoms with Gasteiger partial charge in [0.15, 0.2) is 17.5 Å². The zero-order valence-corrected chi connectivity index (χ0v) is 14.4. The minimum atomic E-state index is 0.653. The molecule has 0 aliphatic carbocycles. The summed E-state index contributed by atoms with van der Waals surface area (Å²) in [5, 5.41) is 3.94. The van der Waals surface area contributed by atoms with Crippen molar-refractivity contribution in [1.82, 2.24) is 29.2 Å². The molecule has 7 nitrogen and oxygen atoms in total. The van der Waals surface area contributed by atoms with Gasteiger partial charge in [-0.3, -0.25) is 0 Å². The normalized spacial score (nSPS) is 11.4. The Morgan fingerprint density at radius 3 is 2.76 bits per heavy atom. The number of nitrogens with zero attached hydrogens (tertiary/aromatic N) is 6. The van der Waals surface area contributed by atoms with Crippen molar-refractivity contribution in [3.05, 3.63) is 48.4 Å².